The van der Waals surface area contributed by atoms with E-state index < -0.39 is 15.8 Å². The number of likely N-dealkylation sites (tertiary alicyclic amines) is 1. The summed E-state index contributed by atoms with van der Waals surface area (Å²) in [6.45, 7) is 2.94. The number of piperidine rings is 1. The van der Waals surface area contributed by atoms with E-state index in [2.05, 4.69) is 47.4 Å². The monoisotopic (exact) mass is 425 g/mol. The Bertz CT molecular complexity index is 723. The number of thioether (sulfide) groups is 1. The first-order valence-corrected chi connectivity index (χ1v) is 11.4. The van der Waals surface area contributed by atoms with Crippen LogP contribution in [0.1, 0.15) is 11.1 Å². The fraction of sp³-hybridized carbons (Fsp3) is 0.400. The Labute approximate surface area is 171 Å². The first-order chi connectivity index (χ1) is 13.3. The lowest BCUT2D eigenvalue weighted by Crippen LogP contribution is -2.59. The van der Waals surface area contributed by atoms with Crippen molar-refractivity contribution in [1.82, 2.24) is 4.90 Å². The van der Waals surface area contributed by atoms with Crippen LogP contribution in [0, 0.1) is 22.1 Å². The Morgan fingerprint density at radius 2 is 1.39 bits per heavy atom. The lowest BCUT2D eigenvalue weighted by atomic mass is 9.70. The smallest absolute Gasteiger partial charge is 0.0992 e. The lowest BCUT2D eigenvalue weighted by molar-refractivity contribution is -1.92. The van der Waals surface area contributed by atoms with Crippen molar-refractivity contribution in [3.63, 3.8) is 0 Å². The second-order valence-electron chi connectivity index (χ2n) is 7.20. The summed E-state index contributed by atoms with van der Waals surface area (Å²) in [6.07, 6.45) is 0. The Hall–Kier alpha value is -1.16. The van der Waals surface area contributed by atoms with Gasteiger partial charge in [-0.3, -0.25) is 4.90 Å². The highest BCUT2D eigenvalue weighted by molar-refractivity contribution is 7.99. The molecule has 2 aromatic rings. The van der Waals surface area contributed by atoms with Gasteiger partial charge < -0.3 is 5.11 Å². The van der Waals surface area contributed by atoms with Crippen molar-refractivity contribution in [1.29, 1.82) is 0 Å². The van der Waals surface area contributed by atoms with E-state index in [1.54, 1.807) is 0 Å². The minimum absolute atomic E-state index is 0.311. The SMILES string of the molecule is OC1(c2ccccc2)C2CSCC1CN(Cc1ccccc1)C2.[O-][Cl+3]([O-])([O-])O. The highest BCUT2D eigenvalue weighted by Gasteiger charge is 2.51. The van der Waals surface area contributed by atoms with Crippen LogP contribution in [-0.4, -0.2) is 39.3 Å². The largest absolute Gasteiger partial charge is 0.384 e. The van der Waals surface area contributed by atoms with Crippen molar-refractivity contribution in [2.45, 2.75) is 12.1 Å². The number of benzene rings is 2. The first-order valence-electron chi connectivity index (χ1n) is 9.02. The Morgan fingerprint density at radius 3 is 1.89 bits per heavy atom. The van der Waals surface area contributed by atoms with Crippen molar-refractivity contribution in [3.05, 3.63) is 71.8 Å². The van der Waals surface area contributed by atoms with Crippen LogP contribution < -0.4 is 14.0 Å². The molecule has 2 aliphatic rings. The number of halogens is 1. The summed E-state index contributed by atoms with van der Waals surface area (Å²) in [5.41, 5.74) is 1.82. The molecular formula is C20H24ClNO5S. The average molecular weight is 426 g/mol. The second-order valence-corrected chi connectivity index (χ2v) is 9.07. The fourth-order valence-corrected chi connectivity index (χ4v) is 5.59. The van der Waals surface area contributed by atoms with E-state index in [1.807, 2.05) is 30.0 Å². The van der Waals surface area contributed by atoms with Crippen molar-refractivity contribution < 1.29 is 34.0 Å². The van der Waals surface area contributed by atoms with E-state index in [0.717, 1.165) is 36.7 Å². The minimum Gasteiger partial charge on any atom is -0.384 e. The molecule has 0 radical (unpaired) electrons. The van der Waals surface area contributed by atoms with Gasteiger partial charge in [0.05, 0.1) is 20.5 Å². The van der Waals surface area contributed by atoms with Crippen LogP contribution in [0.5, 0.6) is 0 Å². The van der Waals surface area contributed by atoms with E-state index in [4.69, 9.17) is 18.6 Å². The van der Waals surface area contributed by atoms with Crippen LogP contribution in [0.3, 0.4) is 0 Å². The quantitative estimate of drug-likeness (QED) is 0.664. The summed E-state index contributed by atoms with van der Waals surface area (Å²) in [7, 11) is -4.69. The predicted octanol–water partition coefficient (Wildman–Crippen LogP) is -0.755. The molecule has 2 unspecified atom stereocenters. The van der Waals surface area contributed by atoms with E-state index in [0.29, 0.717) is 11.8 Å². The molecule has 2 aromatic carbocycles. The van der Waals surface area contributed by atoms with Crippen LogP contribution in [0.4, 0.5) is 0 Å². The molecule has 2 bridgehead atoms. The molecule has 0 amide bonds. The number of nitrogens with zero attached hydrogens (tertiary/aromatic N) is 1. The maximum atomic E-state index is 11.6. The van der Waals surface area contributed by atoms with Gasteiger partial charge in [0.1, 0.15) is 0 Å². The van der Waals surface area contributed by atoms with E-state index >= 15 is 0 Å². The third-order valence-corrected chi connectivity index (χ3v) is 6.60. The van der Waals surface area contributed by atoms with Crippen LogP contribution in [-0.2, 0) is 12.1 Å². The molecule has 2 heterocycles. The van der Waals surface area contributed by atoms with Crippen LogP contribution in [0.2, 0.25) is 0 Å². The van der Waals surface area contributed by atoms with E-state index in [-0.39, 0.29) is 0 Å². The lowest BCUT2D eigenvalue weighted by Gasteiger charge is -2.53. The third kappa shape index (κ3) is 5.46. The molecule has 2 aliphatic heterocycles. The van der Waals surface area contributed by atoms with Crippen molar-refractivity contribution in [2.75, 3.05) is 24.6 Å². The zero-order valence-corrected chi connectivity index (χ0v) is 16.9. The van der Waals surface area contributed by atoms with Gasteiger partial charge in [-0.15, -0.1) is 0 Å². The molecule has 2 atom stereocenters. The molecule has 2 saturated heterocycles. The Balaban J connectivity index is 0.000000403. The van der Waals surface area contributed by atoms with Crippen LogP contribution in [0.15, 0.2) is 60.7 Å². The van der Waals surface area contributed by atoms with Crippen molar-refractivity contribution in [3.8, 4) is 0 Å². The number of rotatable bonds is 3. The second kappa shape index (κ2) is 9.11. The number of hydrogen-bond acceptors (Lipinski definition) is 7. The van der Waals surface area contributed by atoms with Gasteiger partial charge in [-0.05, 0) is 11.1 Å². The molecule has 6 nitrogen and oxygen atoms in total. The first kappa shape index (κ1) is 21.5. The van der Waals surface area contributed by atoms with Gasteiger partial charge in [0.25, 0.3) is 0 Å². The molecule has 2 N–H and O–H groups in total. The maximum absolute atomic E-state index is 11.6. The van der Waals surface area contributed by atoms with Gasteiger partial charge in [0, 0.05) is 43.0 Å². The standard InChI is InChI=1S/C20H23NOS.ClHO4/c22-20(17-9-5-2-6-10-17)18-12-21(13-19(20)15-23-14-18)11-16-7-3-1-4-8-16;2-1(3,4)5/h1-10,18-19,22H,11-15H2;(H,2,3,4,5). The molecular weight excluding hydrogens is 402 g/mol. The van der Waals surface area contributed by atoms with Gasteiger partial charge in [-0.1, -0.05) is 60.7 Å². The molecule has 2 fully saturated rings. The van der Waals surface area contributed by atoms with Gasteiger partial charge in [-0.2, -0.15) is 25.7 Å². The van der Waals surface area contributed by atoms with Gasteiger partial charge in [-0.25, -0.2) is 0 Å². The fourth-order valence-electron chi connectivity index (χ4n) is 4.17. The molecule has 0 spiro atoms. The minimum atomic E-state index is -4.69. The topological polar surface area (TPSA) is 113 Å². The zero-order chi connectivity index (χ0) is 20.2. The number of aliphatic hydroxyl groups is 1. The highest BCUT2D eigenvalue weighted by atomic mass is 35.7. The predicted molar refractivity (Wildman–Crippen MR) is 98.6 cm³/mol. The molecule has 4 rings (SSSR count). The van der Waals surface area contributed by atoms with Gasteiger partial charge >= 0.3 is 0 Å². The summed E-state index contributed by atoms with van der Waals surface area (Å²) in [5, 5.41) is 11.6. The Morgan fingerprint density at radius 1 is 0.929 bits per heavy atom. The summed E-state index contributed by atoms with van der Waals surface area (Å²) >= 11 is 2.01. The summed E-state index contributed by atoms with van der Waals surface area (Å²) in [6, 6.07) is 21.0. The number of hydrogen-bond donors (Lipinski definition) is 2. The molecule has 152 valence electrons. The average Bonchev–Trinajstić information content (AvgIpc) is 2.63. The molecule has 8 heteroatoms. The van der Waals surface area contributed by atoms with Gasteiger partial charge in [0.15, 0.2) is 0 Å². The summed E-state index contributed by atoms with van der Waals surface area (Å²) < 4.78 is 32.7. The van der Waals surface area contributed by atoms with E-state index in [1.165, 1.54) is 5.56 Å². The van der Waals surface area contributed by atoms with Gasteiger partial charge in [0.2, 0.25) is 0 Å². The zero-order valence-electron chi connectivity index (χ0n) is 15.3. The molecule has 0 aromatic heterocycles. The van der Waals surface area contributed by atoms with Crippen molar-refractivity contribution >= 4 is 11.8 Å². The van der Waals surface area contributed by atoms with Crippen molar-refractivity contribution in [2.24, 2.45) is 11.8 Å². The summed E-state index contributed by atoms with van der Waals surface area (Å²) in [5.74, 6) is 2.72. The van der Waals surface area contributed by atoms with Crippen LogP contribution in [0.25, 0.3) is 0 Å². The summed E-state index contributed by atoms with van der Waals surface area (Å²) in [4.78, 5) is 2.53. The maximum Gasteiger partial charge on any atom is 0.0992 e. The third-order valence-electron chi connectivity index (χ3n) is 5.33. The highest BCUT2D eigenvalue weighted by Crippen LogP contribution is 2.47. The van der Waals surface area contributed by atoms with Crippen LogP contribution >= 0.6 is 11.8 Å². The normalized spacial score (nSPS) is 27.6. The Kier molecular flexibility index (Phi) is 7.01. The molecule has 0 aliphatic carbocycles. The van der Waals surface area contributed by atoms with E-state index in [9.17, 15) is 5.11 Å². The molecule has 0 saturated carbocycles. The molecule has 28 heavy (non-hydrogen) atoms. The number of fused-ring (bicyclic) bond motifs is 2.